The molecule has 1 aromatic heterocycles. The highest BCUT2D eigenvalue weighted by molar-refractivity contribution is 6.08. The second kappa shape index (κ2) is 17.2. The lowest BCUT2D eigenvalue weighted by atomic mass is 9.92. The molecule has 206 valence electrons. The number of allylic oxidation sites excluding steroid dienone is 3. The average Bonchev–Trinajstić information content (AvgIpc) is 3.58. The summed E-state index contributed by atoms with van der Waals surface area (Å²) in [5, 5.41) is 13.1. The Morgan fingerprint density at radius 3 is 2.47 bits per heavy atom. The highest BCUT2D eigenvalue weighted by Crippen LogP contribution is 2.32. The van der Waals surface area contributed by atoms with E-state index < -0.39 is 5.82 Å². The molecule has 2 N–H and O–H groups in total. The van der Waals surface area contributed by atoms with Crippen LogP contribution in [0.2, 0.25) is 0 Å². The number of nitriles is 1. The van der Waals surface area contributed by atoms with Crippen molar-refractivity contribution in [2.75, 3.05) is 6.54 Å². The molecule has 2 aromatic rings. The molecule has 1 aromatic carbocycles. The molecule has 0 spiro atoms. The second-order valence-corrected chi connectivity index (χ2v) is 9.05. The van der Waals surface area contributed by atoms with Crippen molar-refractivity contribution in [2.24, 2.45) is 16.6 Å². The number of halogens is 1. The van der Waals surface area contributed by atoms with E-state index >= 15 is 0 Å². The number of nitrogens with zero attached hydrogens (tertiary/aromatic N) is 4. The number of hydrogen-bond donors (Lipinski definition) is 1. The molecule has 2 aliphatic rings. The van der Waals surface area contributed by atoms with Gasteiger partial charge in [0.05, 0.1) is 23.5 Å². The molecule has 0 amide bonds. The summed E-state index contributed by atoms with van der Waals surface area (Å²) < 4.78 is 15.6. The first kappa shape index (κ1) is 32.7. The quantitative estimate of drug-likeness (QED) is 0.382. The fraction of sp³-hybridized carbons (Fsp3) is 0.484. The minimum atomic E-state index is -0.611. The molecule has 6 nitrogen and oxygen atoms in total. The molecule has 0 bridgehead atoms. The molecular formula is C31H44FN5O. The van der Waals surface area contributed by atoms with E-state index in [1.54, 1.807) is 22.9 Å². The summed E-state index contributed by atoms with van der Waals surface area (Å²) >= 11 is 0. The van der Waals surface area contributed by atoms with E-state index in [9.17, 15) is 9.18 Å². The Morgan fingerprint density at radius 2 is 1.89 bits per heavy atom. The fourth-order valence-corrected chi connectivity index (χ4v) is 4.25. The number of benzene rings is 1. The van der Waals surface area contributed by atoms with Crippen LogP contribution in [0.15, 0.2) is 47.0 Å². The van der Waals surface area contributed by atoms with Crippen LogP contribution in [-0.2, 0) is 0 Å². The van der Waals surface area contributed by atoms with E-state index in [0.717, 1.165) is 41.3 Å². The van der Waals surface area contributed by atoms with Crippen molar-refractivity contribution in [1.82, 2.24) is 9.78 Å². The lowest BCUT2D eigenvalue weighted by molar-refractivity contribution is 0.111. The number of fused-ring (bicyclic) bond motifs is 1. The van der Waals surface area contributed by atoms with Gasteiger partial charge in [-0.05, 0) is 67.0 Å². The Kier molecular flexibility index (Phi) is 14.8. The number of carbonyl (C=O) groups excluding carboxylic acids is 1. The summed E-state index contributed by atoms with van der Waals surface area (Å²) in [4.78, 5) is 15.6. The van der Waals surface area contributed by atoms with Gasteiger partial charge in [-0.2, -0.15) is 10.4 Å². The van der Waals surface area contributed by atoms with Crippen LogP contribution in [-0.4, -0.2) is 34.4 Å². The Balaban J connectivity index is 0.000000472. The molecular weight excluding hydrogens is 477 g/mol. The maximum absolute atomic E-state index is 14.0. The zero-order valence-corrected chi connectivity index (χ0v) is 24.1. The molecule has 1 atom stereocenters. The molecule has 0 saturated carbocycles. The lowest BCUT2D eigenvalue weighted by Crippen LogP contribution is -2.21. The van der Waals surface area contributed by atoms with Gasteiger partial charge in [-0.15, -0.1) is 0 Å². The van der Waals surface area contributed by atoms with Crippen molar-refractivity contribution in [3.63, 3.8) is 0 Å². The van der Waals surface area contributed by atoms with Crippen molar-refractivity contribution in [3.8, 4) is 11.8 Å². The highest BCUT2D eigenvalue weighted by Gasteiger charge is 2.21. The predicted octanol–water partition coefficient (Wildman–Crippen LogP) is 7.47. The molecule has 0 radical (unpaired) electrons. The first-order chi connectivity index (χ1) is 18.4. The van der Waals surface area contributed by atoms with Crippen LogP contribution in [0.1, 0.15) is 102 Å². The Labute approximate surface area is 228 Å². The van der Waals surface area contributed by atoms with E-state index in [4.69, 9.17) is 11.0 Å². The lowest BCUT2D eigenvalue weighted by Gasteiger charge is -2.16. The molecule has 1 aliphatic carbocycles. The number of aliphatic imine (C=N–C) groups is 1. The van der Waals surface area contributed by atoms with Crippen molar-refractivity contribution >= 4 is 17.6 Å². The molecule has 0 saturated heterocycles. The van der Waals surface area contributed by atoms with Crippen molar-refractivity contribution in [3.05, 3.63) is 64.8 Å². The zero-order chi connectivity index (χ0) is 28.7. The fourth-order valence-electron chi connectivity index (χ4n) is 4.25. The minimum absolute atomic E-state index is 0.0260. The molecule has 38 heavy (non-hydrogen) atoms. The molecule has 4 rings (SSSR count). The molecule has 7 heteroatoms. The highest BCUT2D eigenvalue weighted by atomic mass is 19.1. The number of aromatic nitrogens is 2. The van der Waals surface area contributed by atoms with E-state index in [1.807, 2.05) is 27.7 Å². The van der Waals surface area contributed by atoms with Crippen LogP contribution in [0, 0.1) is 23.1 Å². The summed E-state index contributed by atoms with van der Waals surface area (Å²) in [6.07, 6.45) is 9.97. The predicted molar refractivity (Wildman–Crippen MR) is 156 cm³/mol. The van der Waals surface area contributed by atoms with Gasteiger partial charge < -0.3 is 5.73 Å². The van der Waals surface area contributed by atoms with Gasteiger partial charge in [-0.3, -0.25) is 9.79 Å². The Morgan fingerprint density at radius 1 is 1.18 bits per heavy atom. The van der Waals surface area contributed by atoms with E-state index in [1.165, 1.54) is 31.4 Å². The van der Waals surface area contributed by atoms with Crippen LogP contribution in [0.5, 0.6) is 0 Å². The summed E-state index contributed by atoms with van der Waals surface area (Å²) in [6.45, 7) is 15.3. The summed E-state index contributed by atoms with van der Waals surface area (Å²) in [5.74, 6) is 0.145. The van der Waals surface area contributed by atoms with Gasteiger partial charge in [0.25, 0.3) is 0 Å². The largest absolute Gasteiger partial charge is 0.328 e. The van der Waals surface area contributed by atoms with Gasteiger partial charge in [-0.25, -0.2) is 9.07 Å². The Bertz CT molecular complexity index is 1170. The summed E-state index contributed by atoms with van der Waals surface area (Å²) in [6, 6.07) is 8.24. The van der Waals surface area contributed by atoms with Crippen LogP contribution in [0.25, 0.3) is 11.3 Å². The normalized spacial score (nSPS) is 14.1. The Hall–Kier alpha value is -3.37. The van der Waals surface area contributed by atoms with Gasteiger partial charge in [0, 0.05) is 17.8 Å². The third-order valence-corrected chi connectivity index (χ3v) is 5.82. The van der Waals surface area contributed by atoms with Crippen molar-refractivity contribution in [2.45, 2.75) is 86.6 Å². The third-order valence-electron chi connectivity index (χ3n) is 5.82. The molecule has 2 heterocycles. The SMILES string of the molecule is CC.CC.CCCC(N)CC(C)C.N#Cc1ccc(-n2nc(C=O)cc2C2=CC3=CCN=C3CC2)cc1F. The topological polar surface area (TPSA) is 97.1 Å². The number of aldehydes is 1. The minimum Gasteiger partial charge on any atom is -0.328 e. The average molecular weight is 522 g/mol. The van der Waals surface area contributed by atoms with E-state index in [-0.39, 0.29) is 11.3 Å². The van der Waals surface area contributed by atoms with E-state index in [0.29, 0.717) is 24.6 Å². The first-order valence-corrected chi connectivity index (χ1v) is 13.8. The first-order valence-electron chi connectivity index (χ1n) is 13.8. The molecule has 1 unspecified atom stereocenters. The van der Waals surface area contributed by atoms with Gasteiger partial charge in [0.2, 0.25) is 0 Å². The van der Waals surface area contributed by atoms with Crippen LogP contribution < -0.4 is 5.73 Å². The van der Waals surface area contributed by atoms with Crippen LogP contribution in [0.4, 0.5) is 4.39 Å². The third kappa shape index (κ3) is 9.18. The monoisotopic (exact) mass is 521 g/mol. The second-order valence-electron chi connectivity index (χ2n) is 9.05. The van der Waals surface area contributed by atoms with E-state index in [2.05, 4.69) is 43.0 Å². The van der Waals surface area contributed by atoms with Crippen molar-refractivity contribution < 1.29 is 9.18 Å². The number of rotatable bonds is 7. The van der Waals surface area contributed by atoms with Crippen LogP contribution in [0.3, 0.4) is 0 Å². The molecule has 0 fully saturated rings. The van der Waals surface area contributed by atoms with Crippen LogP contribution >= 0.6 is 0 Å². The maximum Gasteiger partial charge on any atom is 0.170 e. The van der Waals surface area contributed by atoms with Gasteiger partial charge in [0.1, 0.15) is 17.6 Å². The number of nitrogens with two attached hydrogens (primary N) is 1. The van der Waals surface area contributed by atoms with Gasteiger partial charge in [0.15, 0.2) is 6.29 Å². The van der Waals surface area contributed by atoms with Crippen molar-refractivity contribution in [1.29, 1.82) is 5.26 Å². The summed E-state index contributed by atoms with van der Waals surface area (Å²) in [7, 11) is 0. The van der Waals surface area contributed by atoms with Gasteiger partial charge in [-0.1, -0.05) is 61.0 Å². The number of carbonyl (C=O) groups is 1. The number of hydrogen-bond acceptors (Lipinski definition) is 5. The standard InChI is InChI=1S/C19H13FN4O.C8H19N.2C2H6/c20-17-9-16(3-1-14(17)10-21)24-19(8-15(11-25)23-24)13-2-4-18-12(7-13)5-6-22-18;1-4-5-8(9)6-7(2)3;2*1-2/h1,3,5,7-9,11H,2,4,6H2;7-8H,4-6,9H2,1-3H3;2*1-2H3. The maximum atomic E-state index is 14.0. The molecule has 1 aliphatic heterocycles. The zero-order valence-electron chi connectivity index (χ0n) is 24.1. The smallest absolute Gasteiger partial charge is 0.170 e. The summed E-state index contributed by atoms with van der Waals surface area (Å²) in [5.41, 5.74) is 10.5. The van der Waals surface area contributed by atoms with Gasteiger partial charge >= 0.3 is 0 Å².